The zero-order chi connectivity index (χ0) is 20.1. The van der Waals surface area contributed by atoms with Gasteiger partial charge in [-0.25, -0.2) is 22.7 Å². The van der Waals surface area contributed by atoms with Crippen LogP contribution in [0.3, 0.4) is 0 Å². The van der Waals surface area contributed by atoms with E-state index in [9.17, 15) is 18.3 Å². The Morgan fingerprint density at radius 2 is 2.29 bits per heavy atom. The predicted octanol–water partition coefficient (Wildman–Crippen LogP) is 3.70. The Morgan fingerprint density at radius 1 is 1.54 bits per heavy atom. The number of alkyl halides is 2. The SMILES string of the molecule is CC1C=C2C(Cl)=CC(S(=O)NC3(C#N)CC3)=CN2C(c2ncc(C(F)F)s2)=N1. The summed E-state index contributed by atoms with van der Waals surface area (Å²) in [4.78, 5) is 10.4. The lowest BCUT2D eigenvalue weighted by molar-refractivity contribution is 0.155. The fraction of sp³-hybridized carbons (Fsp3) is 0.353. The van der Waals surface area contributed by atoms with Gasteiger partial charge in [-0.05, 0) is 31.9 Å². The minimum atomic E-state index is -2.61. The van der Waals surface area contributed by atoms with E-state index in [0.29, 0.717) is 39.3 Å². The average molecular weight is 442 g/mol. The first-order valence-electron chi connectivity index (χ1n) is 8.35. The number of hydrogen-bond acceptors (Lipinski definition) is 6. The van der Waals surface area contributed by atoms with Crippen LogP contribution in [0.1, 0.15) is 36.1 Å². The van der Waals surface area contributed by atoms with Crippen LogP contribution in [0.2, 0.25) is 0 Å². The summed E-state index contributed by atoms with van der Waals surface area (Å²) in [5.41, 5.74) is -0.146. The summed E-state index contributed by atoms with van der Waals surface area (Å²) in [6.45, 7) is 1.85. The highest BCUT2D eigenvalue weighted by atomic mass is 35.5. The van der Waals surface area contributed by atoms with Crippen molar-refractivity contribution in [2.75, 3.05) is 0 Å². The summed E-state index contributed by atoms with van der Waals surface area (Å²) in [6, 6.07) is 1.90. The number of nitrogens with one attached hydrogen (secondary N) is 1. The lowest BCUT2D eigenvalue weighted by Gasteiger charge is -2.32. The van der Waals surface area contributed by atoms with E-state index in [1.54, 1.807) is 17.2 Å². The number of rotatable bonds is 5. The Morgan fingerprint density at radius 3 is 2.89 bits per heavy atom. The molecule has 1 saturated carbocycles. The minimum absolute atomic E-state index is 0.153. The maximum Gasteiger partial charge on any atom is 0.274 e. The number of thiazole rings is 1. The maximum absolute atomic E-state index is 13.0. The van der Waals surface area contributed by atoms with E-state index in [0.717, 1.165) is 17.5 Å². The number of allylic oxidation sites excluding steroid dienone is 2. The molecule has 0 saturated heterocycles. The molecule has 2 unspecified atom stereocenters. The Hall–Kier alpha value is -1.93. The van der Waals surface area contributed by atoms with Gasteiger partial charge < -0.3 is 0 Å². The molecular weight excluding hydrogens is 428 g/mol. The molecule has 6 nitrogen and oxygen atoms in total. The molecular formula is C17H14ClF2N5OS2. The van der Waals surface area contributed by atoms with E-state index in [2.05, 4.69) is 20.8 Å². The van der Waals surface area contributed by atoms with E-state index in [1.165, 1.54) is 0 Å². The van der Waals surface area contributed by atoms with Crippen molar-refractivity contribution in [3.05, 3.63) is 50.1 Å². The number of hydrogen-bond donors (Lipinski definition) is 1. The van der Waals surface area contributed by atoms with Gasteiger partial charge in [0.2, 0.25) is 0 Å². The molecule has 1 aromatic rings. The van der Waals surface area contributed by atoms with Crippen molar-refractivity contribution in [2.24, 2.45) is 4.99 Å². The summed E-state index contributed by atoms with van der Waals surface area (Å²) in [5.74, 6) is 0.365. The highest BCUT2D eigenvalue weighted by Gasteiger charge is 2.45. The second-order valence-corrected chi connectivity index (χ2v) is 9.25. The third-order valence-corrected chi connectivity index (χ3v) is 6.91. The van der Waals surface area contributed by atoms with Crippen LogP contribution in [0.4, 0.5) is 8.78 Å². The van der Waals surface area contributed by atoms with Crippen LogP contribution < -0.4 is 4.72 Å². The van der Waals surface area contributed by atoms with E-state index in [4.69, 9.17) is 11.6 Å². The van der Waals surface area contributed by atoms with Crippen LogP contribution in [-0.4, -0.2) is 31.5 Å². The molecule has 2 aliphatic heterocycles. The lowest BCUT2D eigenvalue weighted by Crippen LogP contribution is -2.36. The van der Waals surface area contributed by atoms with Crippen LogP contribution in [0.15, 0.2) is 45.2 Å². The molecule has 2 atom stereocenters. The first kappa shape index (κ1) is 19.4. The fourth-order valence-corrected chi connectivity index (χ4v) is 5.00. The summed E-state index contributed by atoms with van der Waals surface area (Å²) in [7, 11) is -1.66. The Kier molecular flexibility index (Phi) is 4.95. The number of aliphatic imine (C=N–C) groups is 1. The number of nitrogens with zero attached hydrogens (tertiary/aromatic N) is 4. The number of aromatic nitrogens is 1. The molecule has 146 valence electrons. The third-order valence-electron chi connectivity index (χ3n) is 4.38. The van der Waals surface area contributed by atoms with Crippen LogP contribution in [0.5, 0.6) is 0 Å². The largest absolute Gasteiger partial charge is 0.297 e. The number of fused-ring (bicyclic) bond motifs is 1. The van der Waals surface area contributed by atoms with Gasteiger partial charge >= 0.3 is 0 Å². The molecule has 1 aliphatic carbocycles. The normalized spacial score (nSPS) is 23.9. The van der Waals surface area contributed by atoms with Gasteiger partial charge in [0, 0.05) is 12.4 Å². The molecule has 11 heteroatoms. The second kappa shape index (κ2) is 7.15. The Balaban J connectivity index is 1.68. The molecule has 0 aromatic carbocycles. The van der Waals surface area contributed by atoms with E-state index < -0.39 is 22.9 Å². The summed E-state index contributed by atoms with van der Waals surface area (Å²) in [5, 5.41) is 9.87. The summed E-state index contributed by atoms with van der Waals surface area (Å²) < 4.78 is 41.5. The highest BCUT2D eigenvalue weighted by Crippen LogP contribution is 2.38. The molecule has 0 radical (unpaired) electrons. The Labute approximate surface area is 171 Å². The van der Waals surface area contributed by atoms with Crippen molar-refractivity contribution in [3.8, 4) is 6.07 Å². The number of halogens is 3. The molecule has 3 heterocycles. The standard InChI is InChI=1S/C17H14ClF2N5OS2/c1-9-4-12-11(18)5-10(28(26)24-17(8-21)2-3-17)7-25(12)15(23-9)16-22-6-13(27-16)14(19)20/h4-7,9,14,24H,2-3H2,1H3. The second-order valence-electron chi connectivity index (χ2n) is 6.57. The fourth-order valence-electron chi connectivity index (χ4n) is 2.75. The third kappa shape index (κ3) is 3.55. The molecule has 1 N–H and O–H groups in total. The van der Waals surface area contributed by atoms with E-state index >= 15 is 0 Å². The van der Waals surface area contributed by atoms with Crippen LogP contribution in [0.25, 0.3) is 0 Å². The maximum atomic E-state index is 13.0. The molecule has 28 heavy (non-hydrogen) atoms. The lowest BCUT2D eigenvalue weighted by atomic mass is 10.1. The highest BCUT2D eigenvalue weighted by molar-refractivity contribution is 7.87. The molecule has 3 aliphatic rings. The van der Waals surface area contributed by atoms with Crippen LogP contribution in [-0.2, 0) is 11.0 Å². The molecule has 0 spiro atoms. The first-order chi connectivity index (χ1) is 13.3. The number of nitriles is 1. The minimum Gasteiger partial charge on any atom is -0.297 e. The van der Waals surface area contributed by atoms with Crippen molar-refractivity contribution >= 4 is 39.8 Å². The summed E-state index contributed by atoms with van der Waals surface area (Å²) >= 11 is 7.27. The monoisotopic (exact) mass is 441 g/mol. The van der Waals surface area contributed by atoms with Crippen molar-refractivity contribution in [1.29, 1.82) is 5.26 Å². The zero-order valence-corrected chi connectivity index (χ0v) is 16.9. The van der Waals surface area contributed by atoms with Gasteiger partial charge in [-0.15, -0.1) is 11.3 Å². The van der Waals surface area contributed by atoms with Crippen molar-refractivity contribution in [2.45, 2.75) is 37.8 Å². The molecule has 1 fully saturated rings. The van der Waals surface area contributed by atoms with E-state index in [1.807, 2.05) is 13.0 Å². The van der Waals surface area contributed by atoms with Gasteiger partial charge in [0.25, 0.3) is 6.43 Å². The Bertz CT molecular complexity index is 1020. The van der Waals surface area contributed by atoms with Crippen molar-refractivity contribution < 1.29 is 13.0 Å². The van der Waals surface area contributed by atoms with Gasteiger partial charge in [-0.1, -0.05) is 11.6 Å². The summed E-state index contributed by atoms with van der Waals surface area (Å²) in [6.07, 6.45) is 4.77. The van der Waals surface area contributed by atoms with Gasteiger partial charge in [0.05, 0.1) is 32.6 Å². The van der Waals surface area contributed by atoms with Gasteiger partial charge in [0.1, 0.15) is 16.5 Å². The number of amidine groups is 1. The molecule has 1 aromatic heterocycles. The predicted molar refractivity (Wildman–Crippen MR) is 104 cm³/mol. The van der Waals surface area contributed by atoms with Gasteiger partial charge in [-0.3, -0.25) is 9.89 Å². The quantitative estimate of drug-likeness (QED) is 0.755. The molecule has 4 rings (SSSR count). The van der Waals surface area contributed by atoms with Crippen LogP contribution in [0, 0.1) is 11.3 Å². The van der Waals surface area contributed by atoms with E-state index in [-0.39, 0.29) is 10.9 Å². The van der Waals surface area contributed by atoms with Gasteiger partial charge in [0.15, 0.2) is 10.8 Å². The molecule has 0 amide bonds. The average Bonchev–Trinajstić information content (AvgIpc) is 3.25. The topological polar surface area (TPSA) is 81.4 Å². The first-order valence-corrected chi connectivity index (χ1v) is 10.7. The zero-order valence-electron chi connectivity index (χ0n) is 14.5. The van der Waals surface area contributed by atoms with Crippen molar-refractivity contribution in [3.63, 3.8) is 0 Å². The van der Waals surface area contributed by atoms with Gasteiger partial charge in [-0.2, -0.15) is 5.26 Å². The molecule has 0 bridgehead atoms. The van der Waals surface area contributed by atoms with Crippen molar-refractivity contribution in [1.82, 2.24) is 14.6 Å². The smallest absolute Gasteiger partial charge is 0.274 e. The van der Waals surface area contributed by atoms with Crippen LogP contribution >= 0.6 is 22.9 Å².